The van der Waals surface area contributed by atoms with Gasteiger partial charge in [0.05, 0.1) is 19.8 Å². The van der Waals surface area contributed by atoms with E-state index in [1.165, 1.54) is 0 Å². The molecular formula is C17H27ClN4O2. The summed E-state index contributed by atoms with van der Waals surface area (Å²) in [5, 5.41) is 7.32. The second kappa shape index (κ2) is 10.4. The first-order valence-corrected chi connectivity index (χ1v) is 8.72. The molecule has 0 bridgehead atoms. The lowest BCUT2D eigenvalue weighted by atomic mass is 10.3. The fourth-order valence-corrected chi connectivity index (χ4v) is 2.53. The summed E-state index contributed by atoms with van der Waals surface area (Å²) in [5.41, 5.74) is 0. The quantitative estimate of drug-likeness (QED) is 0.575. The van der Waals surface area contributed by atoms with Gasteiger partial charge in [0.25, 0.3) is 0 Å². The highest BCUT2D eigenvalue weighted by atomic mass is 35.5. The van der Waals surface area contributed by atoms with Crippen LogP contribution in [0.4, 0.5) is 0 Å². The number of aliphatic imine (C=N–C) groups is 1. The fraction of sp³-hybridized carbons (Fsp3) is 0.588. The maximum atomic E-state index is 5.87. The van der Waals surface area contributed by atoms with Crippen molar-refractivity contribution in [3.63, 3.8) is 0 Å². The van der Waals surface area contributed by atoms with Crippen LogP contribution in [0.15, 0.2) is 29.3 Å². The van der Waals surface area contributed by atoms with Crippen LogP contribution in [0.25, 0.3) is 0 Å². The third-order valence-electron chi connectivity index (χ3n) is 3.76. The highest BCUT2D eigenvalue weighted by molar-refractivity contribution is 6.30. The van der Waals surface area contributed by atoms with E-state index in [2.05, 4.69) is 20.5 Å². The Morgan fingerprint density at radius 3 is 2.67 bits per heavy atom. The van der Waals surface area contributed by atoms with Gasteiger partial charge in [-0.3, -0.25) is 9.89 Å². The van der Waals surface area contributed by atoms with Crippen molar-refractivity contribution in [3.8, 4) is 5.75 Å². The third kappa shape index (κ3) is 6.95. The van der Waals surface area contributed by atoms with Crippen molar-refractivity contribution in [2.75, 3.05) is 53.0 Å². The molecule has 0 saturated carbocycles. The molecule has 0 aromatic heterocycles. The van der Waals surface area contributed by atoms with Gasteiger partial charge in [-0.15, -0.1) is 0 Å². The molecule has 7 heteroatoms. The number of rotatable bonds is 7. The topological polar surface area (TPSA) is 58.1 Å². The van der Waals surface area contributed by atoms with E-state index in [0.717, 1.165) is 51.1 Å². The predicted octanol–water partition coefficient (Wildman–Crippen LogP) is 1.60. The van der Waals surface area contributed by atoms with Gasteiger partial charge < -0.3 is 20.1 Å². The van der Waals surface area contributed by atoms with Crippen LogP contribution in [0.1, 0.15) is 6.92 Å². The van der Waals surface area contributed by atoms with Crippen LogP contribution in [0, 0.1) is 0 Å². The zero-order valence-electron chi connectivity index (χ0n) is 14.4. The lowest BCUT2D eigenvalue weighted by Crippen LogP contribution is -2.46. The number of nitrogens with one attached hydrogen (secondary N) is 2. The van der Waals surface area contributed by atoms with Gasteiger partial charge in [0.15, 0.2) is 5.96 Å². The van der Waals surface area contributed by atoms with Gasteiger partial charge in [-0.05, 0) is 31.2 Å². The minimum absolute atomic E-state index is 0.0176. The number of guanidine groups is 1. The van der Waals surface area contributed by atoms with Crippen molar-refractivity contribution in [3.05, 3.63) is 29.3 Å². The first-order chi connectivity index (χ1) is 11.7. The number of hydrogen-bond donors (Lipinski definition) is 2. The molecule has 134 valence electrons. The summed E-state index contributed by atoms with van der Waals surface area (Å²) in [6.07, 6.45) is 0.0176. The Hall–Kier alpha value is -1.50. The molecule has 0 spiro atoms. The molecule has 1 unspecified atom stereocenters. The van der Waals surface area contributed by atoms with Crippen LogP contribution in [0.2, 0.25) is 5.02 Å². The smallest absolute Gasteiger partial charge is 0.191 e. The van der Waals surface area contributed by atoms with E-state index in [9.17, 15) is 0 Å². The minimum Gasteiger partial charge on any atom is -0.489 e. The largest absolute Gasteiger partial charge is 0.489 e. The van der Waals surface area contributed by atoms with Gasteiger partial charge in [0.1, 0.15) is 11.9 Å². The molecule has 1 aliphatic rings. The summed E-state index contributed by atoms with van der Waals surface area (Å²) in [5.74, 6) is 1.60. The lowest BCUT2D eigenvalue weighted by molar-refractivity contribution is 0.0389. The van der Waals surface area contributed by atoms with Crippen molar-refractivity contribution in [2.24, 2.45) is 4.99 Å². The van der Waals surface area contributed by atoms with Crippen molar-refractivity contribution in [1.82, 2.24) is 15.5 Å². The Bertz CT molecular complexity index is 504. The maximum absolute atomic E-state index is 5.87. The number of ether oxygens (including phenoxy) is 2. The van der Waals surface area contributed by atoms with Crippen LogP contribution >= 0.6 is 11.6 Å². The van der Waals surface area contributed by atoms with Gasteiger partial charge in [-0.1, -0.05) is 11.6 Å². The van der Waals surface area contributed by atoms with Crippen LogP contribution in [0.3, 0.4) is 0 Å². The summed E-state index contributed by atoms with van der Waals surface area (Å²) in [6, 6.07) is 7.38. The Morgan fingerprint density at radius 1 is 1.29 bits per heavy atom. The molecule has 1 aliphatic heterocycles. The average molecular weight is 355 g/mol. The molecular weight excluding hydrogens is 328 g/mol. The zero-order valence-corrected chi connectivity index (χ0v) is 15.2. The van der Waals surface area contributed by atoms with Gasteiger partial charge in [0, 0.05) is 38.2 Å². The Kier molecular flexibility index (Phi) is 8.15. The molecule has 24 heavy (non-hydrogen) atoms. The van der Waals surface area contributed by atoms with Crippen molar-refractivity contribution < 1.29 is 9.47 Å². The normalized spacial score (nSPS) is 17.4. The van der Waals surface area contributed by atoms with E-state index < -0.39 is 0 Å². The molecule has 2 N–H and O–H groups in total. The molecule has 1 saturated heterocycles. The van der Waals surface area contributed by atoms with Crippen LogP contribution < -0.4 is 15.4 Å². The van der Waals surface area contributed by atoms with Gasteiger partial charge >= 0.3 is 0 Å². The van der Waals surface area contributed by atoms with E-state index >= 15 is 0 Å². The standard InChI is InChI=1S/C17H27ClN4O2/c1-14(24-16-5-3-15(18)4-6-16)13-21-17(19-2)20-7-8-22-9-11-23-12-10-22/h3-6,14H,7-13H2,1-2H3,(H2,19,20,21). The summed E-state index contributed by atoms with van der Waals surface area (Å²) in [4.78, 5) is 6.62. The Labute approximate surface area is 149 Å². The highest BCUT2D eigenvalue weighted by Gasteiger charge is 2.10. The number of morpholine rings is 1. The van der Waals surface area contributed by atoms with Gasteiger partial charge in [0.2, 0.25) is 0 Å². The predicted molar refractivity (Wildman–Crippen MR) is 98.2 cm³/mol. The number of nitrogens with zero attached hydrogens (tertiary/aromatic N) is 2. The first-order valence-electron chi connectivity index (χ1n) is 8.34. The van der Waals surface area contributed by atoms with E-state index in [4.69, 9.17) is 21.1 Å². The maximum Gasteiger partial charge on any atom is 0.191 e. The monoisotopic (exact) mass is 354 g/mol. The van der Waals surface area contributed by atoms with Gasteiger partial charge in [-0.25, -0.2) is 0 Å². The van der Waals surface area contributed by atoms with Crippen molar-refractivity contribution >= 4 is 17.6 Å². The number of hydrogen-bond acceptors (Lipinski definition) is 4. The van der Waals surface area contributed by atoms with E-state index in [-0.39, 0.29) is 6.10 Å². The molecule has 0 amide bonds. The van der Waals surface area contributed by atoms with E-state index in [1.54, 1.807) is 7.05 Å². The second-order valence-electron chi connectivity index (χ2n) is 5.72. The minimum atomic E-state index is 0.0176. The molecule has 1 aromatic rings. The summed E-state index contributed by atoms with van der Waals surface area (Å²) in [7, 11) is 1.77. The first kappa shape index (κ1) is 18.8. The summed E-state index contributed by atoms with van der Waals surface area (Å²) in [6.45, 7) is 8.17. The van der Waals surface area contributed by atoms with Crippen LogP contribution in [0.5, 0.6) is 5.75 Å². The fourth-order valence-electron chi connectivity index (χ4n) is 2.41. The molecule has 6 nitrogen and oxygen atoms in total. The number of halogens is 1. The second-order valence-corrected chi connectivity index (χ2v) is 6.15. The third-order valence-corrected chi connectivity index (χ3v) is 4.01. The molecule has 1 heterocycles. The Morgan fingerprint density at radius 2 is 2.00 bits per heavy atom. The zero-order chi connectivity index (χ0) is 17.2. The van der Waals surface area contributed by atoms with Crippen LogP contribution in [-0.4, -0.2) is 69.9 Å². The molecule has 0 aliphatic carbocycles. The van der Waals surface area contributed by atoms with Gasteiger partial charge in [-0.2, -0.15) is 0 Å². The number of benzene rings is 1. The van der Waals surface area contributed by atoms with E-state index in [1.807, 2.05) is 31.2 Å². The summed E-state index contributed by atoms with van der Waals surface area (Å²) >= 11 is 5.87. The highest BCUT2D eigenvalue weighted by Crippen LogP contribution is 2.16. The molecule has 1 atom stereocenters. The lowest BCUT2D eigenvalue weighted by Gasteiger charge is -2.26. The molecule has 2 rings (SSSR count). The van der Waals surface area contributed by atoms with Crippen LogP contribution in [-0.2, 0) is 4.74 Å². The molecule has 1 aromatic carbocycles. The molecule has 1 fully saturated rings. The van der Waals surface area contributed by atoms with E-state index in [0.29, 0.717) is 11.6 Å². The SMILES string of the molecule is CN=C(NCCN1CCOCC1)NCC(C)Oc1ccc(Cl)cc1. The summed E-state index contributed by atoms with van der Waals surface area (Å²) < 4.78 is 11.2. The average Bonchev–Trinajstić information content (AvgIpc) is 2.61. The Balaban J connectivity index is 1.63. The van der Waals surface area contributed by atoms with Crippen molar-refractivity contribution in [2.45, 2.75) is 13.0 Å². The van der Waals surface area contributed by atoms with Crippen molar-refractivity contribution in [1.29, 1.82) is 0 Å². The molecule has 0 radical (unpaired) electrons.